The average molecular weight is 1730 g/mol. The summed E-state index contributed by atoms with van der Waals surface area (Å²) >= 11 is 0. The molecule has 3 unspecified atom stereocenters. The average Bonchev–Trinajstić information content (AvgIpc) is 1.44. The van der Waals surface area contributed by atoms with Gasteiger partial charge in [-0.15, -0.1) is 16.9 Å². The van der Waals surface area contributed by atoms with E-state index in [2.05, 4.69) is 64.6 Å². The van der Waals surface area contributed by atoms with Gasteiger partial charge in [-0.05, 0) is 125 Å². The van der Waals surface area contributed by atoms with Gasteiger partial charge in [0.2, 0.25) is 23.6 Å². The maximum Gasteiger partial charge on any atom is 0.246 e. The third kappa shape index (κ3) is 27.9. The van der Waals surface area contributed by atoms with Gasteiger partial charge >= 0.3 is 0 Å². The van der Waals surface area contributed by atoms with Crippen molar-refractivity contribution in [2.45, 2.75) is 250 Å². The number of ketones is 5. The number of halogens is 2. The summed E-state index contributed by atoms with van der Waals surface area (Å²) in [6, 6.07) is -1.08. The van der Waals surface area contributed by atoms with E-state index in [1.807, 2.05) is 11.6 Å². The summed E-state index contributed by atoms with van der Waals surface area (Å²) in [6.45, 7) is 17.1. The number of alkyl halides is 2. The molecule has 122 heavy (non-hydrogen) atoms. The first-order valence-corrected chi connectivity index (χ1v) is 45.1. The van der Waals surface area contributed by atoms with E-state index in [0.29, 0.717) is 168 Å². The predicted molar refractivity (Wildman–Crippen MR) is 445 cm³/mol. The van der Waals surface area contributed by atoms with Crippen LogP contribution in [0.2, 0.25) is 0 Å². The van der Waals surface area contributed by atoms with Gasteiger partial charge in [-0.3, -0.25) is 43.2 Å². The molecule has 686 valence electrons. The lowest BCUT2D eigenvalue weighted by molar-refractivity contribution is -0.869. The van der Waals surface area contributed by atoms with Crippen molar-refractivity contribution in [3.8, 4) is 11.8 Å². The highest BCUT2D eigenvalue weighted by molar-refractivity contribution is 6.01. The summed E-state index contributed by atoms with van der Waals surface area (Å²) in [5.41, 5.74) is -5.52. The second-order valence-electron chi connectivity index (χ2n) is 36.0. The Balaban J connectivity index is 0.703. The van der Waals surface area contributed by atoms with Crippen molar-refractivity contribution in [3.63, 3.8) is 0 Å². The molecule has 0 spiro atoms. The third-order valence-corrected chi connectivity index (χ3v) is 25.7. The Labute approximate surface area is 719 Å². The number of aliphatic hydroxyl groups excluding tert-OH is 1. The number of likely N-dealkylation sites (N-methyl/N-ethyl adjacent to an activating group) is 1. The molecule has 4 saturated carbocycles. The normalized spacial score (nSPS) is 27.7. The third-order valence-electron chi connectivity index (χ3n) is 25.7. The first-order valence-electron chi connectivity index (χ1n) is 45.1. The standard InChI is InChI=1S/C90H140F2N8O22/c1-10-21-81-121-78-56-69-70-55-72(91)71-54-64(101)28-31-87(71,5)89(70,92)76(105)57-88(69,6)90(78,122-81)77(106)58-95-85(109)62(4)52-74(104)82(61(2)3)96-86(110)63(53-65(102)29-37-112-41-45-116-49-48-115-44-40-111-36-20-23-66(103)59-120-84-67-24-14-11-12-15-25-68(67)84)22-18-19-32-93-80(108)60-119-75-27-17-13-16-26-73-83(75)97-98-99(73)34-39-114-43-47-118-51-50-117-46-42-113-38-30-79(107)94-33-35-100(7,8)9/h28,31,54,61-63,67-70,72,75-76,78,81-82,84,105H,10,13-27,29-30,32-53,55-60H2,1-9H3,(H3-,93,94,95,96,107,108,109,110)/p+1/t62-,63+,67-,68+,69+,70+,72+,75?,76+,78-,81?,82+,84?,87+,88+,89+,90-/m1/s1. The fourth-order valence-electron chi connectivity index (χ4n) is 18.9. The van der Waals surface area contributed by atoms with Gasteiger partial charge in [-0.1, -0.05) is 71.6 Å². The van der Waals surface area contributed by atoms with Crippen LogP contribution < -0.4 is 21.3 Å². The number of rotatable bonds is 59. The molecule has 5 N–H and O–H groups in total. The van der Waals surface area contributed by atoms with Crippen LogP contribution >= 0.6 is 0 Å². The monoisotopic (exact) mass is 1720 g/mol. The molecule has 9 rings (SSSR count). The number of aliphatic hydroxyl groups is 1. The molecule has 0 aromatic carbocycles. The number of amides is 4. The number of nitrogens with one attached hydrogen (secondary N) is 4. The molecular weight excluding hydrogens is 1580 g/mol. The van der Waals surface area contributed by atoms with Crippen LogP contribution in [0.5, 0.6) is 0 Å². The highest BCUT2D eigenvalue weighted by atomic mass is 19.1. The summed E-state index contributed by atoms with van der Waals surface area (Å²) in [5, 5.41) is 32.6. The Morgan fingerprint density at radius 2 is 1.33 bits per heavy atom. The largest absolute Gasteiger partial charge is 0.390 e. The molecule has 2 heterocycles. The van der Waals surface area contributed by atoms with Gasteiger partial charge in [0.25, 0.3) is 0 Å². The van der Waals surface area contributed by atoms with Crippen LogP contribution in [0.15, 0.2) is 23.8 Å². The van der Waals surface area contributed by atoms with E-state index in [4.69, 9.17) is 56.8 Å². The number of ether oxygens (including phenoxy) is 12. The molecule has 30 nitrogen and oxygen atoms in total. The maximum atomic E-state index is 18.2. The second-order valence-corrected chi connectivity index (χ2v) is 36.0. The molecule has 32 heteroatoms. The molecule has 1 aromatic rings. The summed E-state index contributed by atoms with van der Waals surface area (Å²) in [4.78, 5) is 122. The SMILES string of the molecule is CCCC1O[C@@H]2C[C@H]3[C@@H]4C[C@H](F)C5=CC(=O)C=C[C@]5(C)[C@@]4(F)[C@@H](O)C[C@]3(C)[C@]2(C(=O)CNC(=O)[C@H](C)CC(=O)[C@@H](NC(=O)[C@@H](CCCCNC(=O)COC2CCCCCc3c2nnn3CCOCCOCCOCCOCCC(=O)NCC[N+](C)(C)C)CC(=O)CCOCCOCCOCCOCCCC(=O)COC2[C@H]3CCC#CCC[C@@H]23)C(C)C)O1. The number of quaternary nitrogens is 1. The lowest BCUT2D eigenvalue weighted by Crippen LogP contribution is -2.71. The molecule has 1 aliphatic heterocycles. The predicted octanol–water partition coefficient (Wildman–Crippen LogP) is 7.24. The van der Waals surface area contributed by atoms with E-state index in [9.17, 15) is 43.5 Å². The number of carbonyl (C=O) groups excluding carboxylic acids is 9. The van der Waals surface area contributed by atoms with Crippen LogP contribution in [-0.4, -0.2) is 291 Å². The zero-order valence-corrected chi connectivity index (χ0v) is 73.9. The number of unbranched alkanes of at least 4 members (excludes halogenated alkanes) is 1. The maximum absolute atomic E-state index is 18.2. The lowest BCUT2D eigenvalue weighted by Gasteiger charge is -2.63. The molecule has 17 atom stereocenters. The van der Waals surface area contributed by atoms with Gasteiger partial charge < -0.3 is 87.7 Å². The van der Waals surface area contributed by atoms with Crippen LogP contribution in [0.1, 0.15) is 200 Å². The van der Waals surface area contributed by atoms with Crippen LogP contribution in [0, 0.1) is 64.1 Å². The number of allylic oxidation sites excluding steroid dienone is 4. The van der Waals surface area contributed by atoms with E-state index < -0.39 is 124 Å². The van der Waals surface area contributed by atoms with Crippen molar-refractivity contribution in [1.29, 1.82) is 0 Å². The molecule has 1 saturated heterocycles. The quantitative estimate of drug-likeness (QED) is 0.0244. The van der Waals surface area contributed by atoms with Crippen LogP contribution in [0.4, 0.5) is 8.78 Å². The minimum absolute atomic E-state index is 0.00603. The molecule has 7 aliphatic carbocycles. The number of Topliss-reactive ketones (excluding diaryl/α,β-unsaturated/α-hetero) is 4. The van der Waals surface area contributed by atoms with Crippen LogP contribution in [0.3, 0.4) is 0 Å². The van der Waals surface area contributed by atoms with Crippen molar-refractivity contribution >= 4 is 52.5 Å². The Kier molecular flexibility index (Phi) is 40.1. The zero-order chi connectivity index (χ0) is 87.9. The summed E-state index contributed by atoms with van der Waals surface area (Å²) < 4.78 is 108. The molecule has 1 aromatic heterocycles. The van der Waals surface area contributed by atoms with Gasteiger partial charge in [-0.25, -0.2) is 13.5 Å². The van der Waals surface area contributed by atoms with E-state index in [1.54, 1.807) is 20.8 Å². The fourth-order valence-corrected chi connectivity index (χ4v) is 18.9. The molecule has 0 bridgehead atoms. The minimum Gasteiger partial charge on any atom is -0.390 e. The van der Waals surface area contributed by atoms with Crippen LogP contribution in [-0.2, 0) is 113 Å². The van der Waals surface area contributed by atoms with Crippen LogP contribution in [0.25, 0.3) is 0 Å². The Morgan fingerprint density at radius 3 is 1.98 bits per heavy atom. The van der Waals surface area contributed by atoms with E-state index in [-0.39, 0.29) is 120 Å². The van der Waals surface area contributed by atoms with Gasteiger partial charge in [0, 0.05) is 86.7 Å². The van der Waals surface area contributed by atoms with E-state index in [1.165, 1.54) is 26.0 Å². The molecule has 0 radical (unpaired) electrons. The number of aromatic nitrogens is 3. The molecular formula is C90H141F2N8O22+. The summed E-state index contributed by atoms with van der Waals surface area (Å²) in [6.07, 6.45) is 8.74. The Bertz CT molecular complexity index is 3680. The molecule has 8 aliphatic rings. The first-order chi connectivity index (χ1) is 58.5. The minimum atomic E-state index is -2.41. The van der Waals surface area contributed by atoms with Gasteiger partial charge in [0.15, 0.2) is 40.7 Å². The van der Waals surface area contributed by atoms with Crippen molar-refractivity contribution < 1.29 is 118 Å². The van der Waals surface area contributed by atoms with Crippen molar-refractivity contribution in [3.05, 3.63) is 35.2 Å². The van der Waals surface area contributed by atoms with Gasteiger partial charge in [-0.2, -0.15) is 0 Å². The highest BCUT2D eigenvalue weighted by Gasteiger charge is 2.80. The van der Waals surface area contributed by atoms with Crippen molar-refractivity contribution in [2.24, 2.45) is 52.3 Å². The topological polar surface area (TPSA) is 363 Å². The Morgan fingerprint density at radius 1 is 0.697 bits per heavy atom. The zero-order valence-electron chi connectivity index (χ0n) is 73.9. The number of hydrogen-bond acceptors (Lipinski definition) is 24. The first kappa shape index (κ1) is 99.5. The molecule has 4 amide bonds. The second kappa shape index (κ2) is 49.2. The van der Waals surface area contributed by atoms with E-state index >= 15 is 13.6 Å². The fraction of sp³-hybridized carbons (Fsp3) is 0.811. The van der Waals surface area contributed by atoms with Crippen molar-refractivity contribution in [2.75, 3.05) is 166 Å². The summed E-state index contributed by atoms with van der Waals surface area (Å²) in [5.74, 6) is 0.0261. The lowest BCUT2D eigenvalue weighted by atomic mass is 9.44. The number of nitrogens with zero attached hydrogens (tertiary/aromatic N) is 4. The summed E-state index contributed by atoms with van der Waals surface area (Å²) in [7, 11) is 6.22. The van der Waals surface area contributed by atoms with Gasteiger partial charge in [0.1, 0.15) is 37.0 Å². The van der Waals surface area contributed by atoms with E-state index in [0.717, 1.165) is 74.2 Å². The number of carbonyl (C=O) groups is 9. The highest BCUT2D eigenvalue weighted by Crippen LogP contribution is 2.72. The number of hydrogen-bond donors (Lipinski definition) is 5. The van der Waals surface area contributed by atoms with Crippen molar-refractivity contribution in [1.82, 2.24) is 36.3 Å². The van der Waals surface area contributed by atoms with Gasteiger partial charge in [0.05, 0.1) is 176 Å². The number of fused-ring (bicyclic) bond motifs is 9. The smallest absolute Gasteiger partial charge is 0.246 e. The molecule has 5 fully saturated rings. The Hall–Kier alpha value is -6.29.